The van der Waals surface area contributed by atoms with E-state index in [1.54, 1.807) is 12.1 Å². The van der Waals surface area contributed by atoms with Crippen molar-refractivity contribution in [2.24, 2.45) is 0 Å². The molecule has 0 bridgehead atoms. The summed E-state index contributed by atoms with van der Waals surface area (Å²) in [6, 6.07) is 5.50. The van der Waals surface area contributed by atoms with Crippen molar-refractivity contribution in [2.75, 3.05) is 6.54 Å². The van der Waals surface area contributed by atoms with Crippen molar-refractivity contribution < 1.29 is 9.21 Å². The highest BCUT2D eigenvalue weighted by atomic mass is 16.3. The van der Waals surface area contributed by atoms with Gasteiger partial charge in [-0.15, -0.1) is 0 Å². The molecule has 4 nitrogen and oxygen atoms in total. The fraction of sp³-hybridized carbons (Fsp3) is 0.478. The molecule has 1 aromatic carbocycles. The zero-order chi connectivity index (χ0) is 19.5. The Morgan fingerprint density at radius 2 is 1.78 bits per heavy atom. The molecular formula is C23H31NO3. The van der Waals surface area contributed by atoms with Crippen LogP contribution in [0.25, 0.3) is 17.0 Å². The number of carbonyl (C=O) groups excluding carboxylic acids is 1. The molecule has 0 aliphatic heterocycles. The number of nitrogens with one attached hydrogen (secondary N) is 1. The number of carbonyl (C=O) groups is 1. The van der Waals surface area contributed by atoms with Crippen molar-refractivity contribution in [3.63, 3.8) is 0 Å². The first-order chi connectivity index (χ1) is 13.1. The summed E-state index contributed by atoms with van der Waals surface area (Å²) in [7, 11) is 0. The molecule has 0 saturated heterocycles. The normalized spacial score (nSPS) is 11.3. The fourth-order valence-corrected chi connectivity index (χ4v) is 3.07. The van der Waals surface area contributed by atoms with Gasteiger partial charge in [0.2, 0.25) is 5.91 Å². The average molecular weight is 370 g/mol. The molecule has 1 aromatic heterocycles. The molecule has 4 heteroatoms. The Morgan fingerprint density at radius 3 is 2.52 bits per heavy atom. The smallest absolute Gasteiger partial charge is 0.244 e. The third kappa shape index (κ3) is 7.05. The molecule has 146 valence electrons. The summed E-state index contributed by atoms with van der Waals surface area (Å²) in [6.45, 7) is 4.83. The van der Waals surface area contributed by atoms with E-state index in [9.17, 15) is 9.59 Å². The van der Waals surface area contributed by atoms with Gasteiger partial charge < -0.3 is 9.73 Å². The van der Waals surface area contributed by atoms with Crippen molar-refractivity contribution in [2.45, 2.75) is 65.2 Å². The molecule has 1 heterocycles. The Labute approximate surface area is 161 Å². The summed E-state index contributed by atoms with van der Waals surface area (Å²) in [5, 5.41) is 3.41. The average Bonchev–Trinajstić information content (AvgIpc) is 2.66. The maximum Gasteiger partial charge on any atom is 0.244 e. The lowest BCUT2D eigenvalue weighted by molar-refractivity contribution is -0.116. The van der Waals surface area contributed by atoms with Gasteiger partial charge in [0.15, 0.2) is 5.43 Å². The topological polar surface area (TPSA) is 59.3 Å². The maximum absolute atomic E-state index is 12.5. The van der Waals surface area contributed by atoms with Gasteiger partial charge in [0.1, 0.15) is 11.8 Å². The molecule has 0 spiro atoms. The predicted octanol–water partition coefficient (Wildman–Crippen LogP) is 5.37. The molecule has 1 amide bonds. The van der Waals surface area contributed by atoms with Crippen molar-refractivity contribution >= 4 is 23.0 Å². The molecule has 0 unspecified atom stereocenters. The molecule has 0 aliphatic rings. The van der Waals surface area contributed by atoms with E-state index < -0.39 is 0 Å². The fourth-order valence-electron chi connectivity index (χ4n) is 3.07. The Hall–Kier alpha value is -2.36. The van der Waals surface area contributed by atoms with Crippen molar-refractivity contribution in [1.29, 1.82) is 0 Å². The Kier molecular flexibility index (Phi) is 8.82. The third-order valence-corrected chi connectivity index (χ3v) is 4.70. The zero-order valence-electron chi connectivity index (χ0n) is 16.6. The first kappa shape index (κ1) is 20.9. The lowest BCUT2D eigenvalue weighted by Gasteiger charge is -2.03. The van der Waals surface area contributed by atoms with E-state index in [1.165, 1.54) is 56.9 Å². The molecular weight excluding hydrogens is 338 g/mol. The molecule has 0 atom stereocenters. The van der Waals surface area contributed by atoms with Crippen molar-refractivity contribution in [1.82, 2.24) is 5.32 Å². The van der Waals surface area contributed by atoms with Crippen LogP contribution < -0.4 is 10.7 Å². The summed E-state index contributed by atoms with van der Waals surface area (Å²) >= 11 is 0. The van der Waals surface area contributed by atoms with Crippen LogP contribution in [0.4, 0.5) is 0 Å². The van der Waals surface area contributed by atoms with Crippen LogP contribution in [0.2, 0.25) is 0 Å². The highest BCUT2D eigenvalue weighted by molar-refractivity contribution is 5.92. The molecule has 0 aliphatic carbocycles. The minimum atomic E-state index is -0.179. The monoisotopic (exact) mass is 369 g/mol. The number of unbranched alkanes of at least 4 members (excludes halogenated alkanes) is 7. The number of fused-ring (bicyclic) bond motifs is 1. The second-order valence-corrected chi connectivity index (χ2v) is 7.12. The highest BCUT2D eigenvalue weighted by Gasteiger charge is 2.05. The first-order valence-corrected chi connectivity index (χ1v) is 10.1. The summed E-state index contributed by atoms with van der Waals surface area (Å²) in [5.74, 6) is -0.179. The van der Waals surface area contributed by atoms with Gasteiger partial charge in [0.05, 0.1) is 10.9 Å². The van der Waals surface area contributed by atoms with E-state index in [0.29, 0.717) is 23.1 Å². The molecule has 2 rings (SSSR count). The minimum Gasteiger partial charge on any atom is -0.463 e. The minimum absolute atomic E-state index is 0.118. The number of amides is 1. The van der Waals surface area contributed by atoms with E-state index in [0.717, 1.165) is 18.4 Å². The lowest BCUT2D eigenvalue weighted by Crippen LogP contribution is -2.22. The quantitative estimate of drug-likeness (QED) is 0.428. The second kappa shape index (κ2) is 11.4. The maximum atomic E-state index is 12.5. The van der Waals surface area contributed by atoms with Gasteiger partial charge >= 0.3 is 0 Å². The zero-order valence-corrected chi connectivity index (χ0v) is 16.6. The largest absolute Gasteiger partial charge is 0.463 e. The van der Waals surface area contributed by atoms with E-state index in [-0.39, 0.29) is 11.3 Å². The van der Waals surface area contributed by atoms with Crippen LogP contribution in [0, 0.1) is 6.92 Å². The van der Waals surface area contributed by atoms with Crippen LogP contribution in [0.3, 0.4) is 0 Å². The first-order valence-electron chi connectivity index (χ1n) is 10.1. The van der Waals surface area contributed by atoms with Crippen LogP contribution in [0.1, 0.15) is 69.4 Å². The van der Waals surface area contributed by atoms with Gasteiger partial charge in [-0.3, -0.25) is 9.59 Å². The van der Waals surface area contributed by atoms with Crippen molar-refractivity contribution in [3.05, 3.63) is 51.9 Å². The standard InChI is InChI=1S/C23H31NO3/c1-3-4-5-6-7-8-9-10-15-24-22(25)14-12-19-17-27-21-13-11-18(2)16-20(21)23(19)26/h11-14,16-17H,3-10,15H2,1-2H3,(H,24,25)/b14-12+. The van der Waals surface area contributed by atoms with Crippen molar-refractivity contribution in [3.8, 4) is 0 Å². The van der Waals surface area contributed by atoms with Gasteiger partial charge in [0.25, 0.3) is 0 Å². The highest BCUT2D eigenvalue weighted by Crippen LogP contribution is 2.13. The SMILES string of the molecule is CCCCCCCCCCNC(=O)/C=C/c1coc2ccc(C)cc2c1=O. The molecule has 0 fully saturated rings. The molecule has 0 radical (unpaired) electrons. The van der Waals surface area contributed by atoms with Gasteiger partial charge in [-0.05, 0) is 31.6 Å². The summed E-state index contributed by atoms with van der Waals surface area (Å²) in [6.07, 6.45) is 14.2. The van der Waals surface area contributed by atoms with Gasteiger partial charge in [-0.1, -0.05) is 63.5 Å². The molecule has 1 N–H and O–H groups in total. The van der Waals surface area contributed by atoms with Crippen LogP contribution in [-0.4, -0.2) is 12.5 Å². The van der Waals surface area contributed by atoms with Gasteiger partial charge in [-0.2, -0.15) is 0 Å². The van der Waals surface area contributed by atoms with E-state index >= 15 is 0 Å². The Morgan fingerprint density at radius 1 is 1.07 bits per heavy atom. The summed E-state index contributed by atoms with van der Waals surface area (Å²) in [4.78, 5) is 24.4. The summed E-state index contributed by atoms with van der Waals surface area (Å²) < 4.78 is 5.49. The number of hydrogen-bond acceptors (Lipinski definition) is 3. The Bertz CT molecular complexity index is 820. The summed E-state index contributed by atoms with van der Waals surface area (Å²) in [5.41, 5.74) is 1.82. The number of benzene rings is 1. The number of hydrogen-bond donors (Lipinski definition) is 1. The van der Waals surface area contributed by atoms with Crippen LogP contribution >= 0.6 is 0 Å². The molecule has 27 heavy (non-hydrogen) atoms. The van der Waals surface area contributed by atoms with E-state index in [4.69, 9.17) is 4.42 Å². The van der Waals surface area contributed by atoms with E-state index in [1.807, 2.05) is 13.0 Å². The second-order valence-electron chi connectivity index (χ2n) is 7.12. The Balaban J connectivity index is 1.74. The molecule has 2 aromatic rings. The van der Waals surface area contributed by atoms with Gasteiger partial charge in [0, 0.05) is 12.6 Å². The molecule has 0 saturated carbocycles. The number of rotatable bonds is 11. The predicted molar refractivity (Wildman–Crippen MR) is 112 cm³/mol. The van der Waals surface area contributed by atoms with Crippen LogP contribution in [0.15, 0.2) is 39.7 Å². The lowest BCUT2D eigenvalue weighted by atomic mass is 10.1. The van der Waals surface area contributed by atoms with E-state index in [2.05, 4.69) is 12.2 Å². The van der Waals surface area contributed by atoms with Crippen LogP contribution in [-0.2, 0) is 4.79 Å². The third-order valence-electron chi connectivity index (χ3n) is 4.70. The van der Waals surface area contributed by atoms with Crippen LogP contribution in [0.5, 0.6) is 0 Å². The van der Waals surface area contributed by atoms with Gasteiger partial charge in [-0.25, -0.2) is 0 Å². The number of aryl methyl sites for hydroxylation is 1.